The van der Waals surface area contributed by atoms with E-state index < -0.39 is 10.0 Å². The van der Waals surface area contributed by atoms with Gasteiger partial charge in [0.1, 0.15) is 0 Å². The van der Waals surface area contributed by atoms with Gasteiger partial charge >= 0.3 is 0 Å². The number of piperazine rings is 1. The molecule has 1 aliphatic carbocycles. The molecule has 1 aliphatic heterocycles. The number of amides is 1. The highest BCUT2D eigenvalue weighted by molar-refractivity contribution is 7.89. The van der Waals surface area contributed by atoms with E-state index in [2.05, 4.69) is 15.5 Å². The molecule has 10 heteroatoms. The first-order valence-corrected chi connectivity index (χ1v) is 11.3. The Morgan fingerprint density at radius 1 is 1.29 bits per heavy atom. The zero-order valence-corrected chi connectivity index (χ0v) is 17.9. The molecular formula is C18H28N5O3S2+. The van der Waals surface area contributed by atoms with Crippen molar-refractivity contribution in [3.63, 3.8) is 0 Å². The first kappa shape index (κ1) is 21.0. The SMILES string of the molecule is CN(C)S(=O)(=O)c1cccc(NC(=S)N2CC[NH+](CC(=O)NC3CC3)CC2)c1. The van der Waals surface area contributed by atoms with Crippen LogP contribution in [0, 0.1) is 0 Å². The second-order valence-corrected chi connectivity index (χ2v) is 10.0. The fraction of sp³-hybridized carbons (Fsp3) is 0.556. The van der Waals surface area contributed by atoms with Crippen molar-refractivity contribution in [2.75, 3.05) is 52.1 Å². The van der Waals surface area contributed by atoms with Gasteiger partial charge in [-0.05, 0) is 43.3 Å². The highest BCUT2D eigenvalue weighted by atomic mass is 32.2. The minimum Gasteiger partial charge on any atom is -0.348 e. The van der Waals surface area contributed by atoms with Gasteiger partial charge in [0, 0.05) is 25.8 Å². The second kappa shape index (κ2) is 8.73. The predicted octanol–water partition coefficient (Wildman–Crippen LogP) is -0.887. The number of quaternary nitrogens is 1. The standard InChI is InChI=1S/C18H27N5O3S2/c1-21(2)28(25,26)16-5-3-4-15(12-16)20-18(27)23-10-8-22(9-11-23)13-17(24)19-14-6-7-14/h3-5,12,14H,6-11,13H2,1-2H3,(H,19,24)(H,20,27)/p+1. The molecule has 1 saturated carbocycles. The van der Waals surface area contributed by atoms with Crippen molar-refractivity contribution in [3.8, 4) is 0 Å². The largest absolute Gasteiger partial charge is 0.348 e. The molecule has 1 aromatic carbocycles. The van der Waals surface area contributed by atoms with Crippen LogP contribution in [0.2, 0.25) is 0 Å². The third-order valence-corrected chi connectivity index (χ3v) is 7.15. The molecule has 1 amide bonds. The van der Waals surface area contributed by atoms with Crippen molar-refractivity contribution in [2.24, 2.45) is 0 Å². The molecule has 0 unspecified atom stereocenters. The Bertz CT molecular complexity index is 831. The number of rotatable bonds is 6. The van der Waals surface area contributed by atoms with E-state index in [1.807, 2.05) is 0 Å². The minimum atomic E-state index is -3.49. The van der Waals surface area contributed by atoms with Gasteiger partial charge in [-0.1, -0.05) is 6.07 Å². The summed E-state index contributed by atoms with van der Waals surface area (Å²) in [6, 6.07) is 7.05. The molecule has 0 spiro atoms. The van der Waals surface area contributed by atoms with Crippen LogP contribution >= 0.6 is 12.2 Å². The summed E-state index contributed by atoms with van der Waals surface area (Å²) in [5, 5.41) is 6.74. The van der Waals surface area contributed by atoms with Crippen LogP contribution in [0.25, 0.3) is 0 Å². The van der Waals surface area contributed by atoms with Gasteiger partial charge in [-0.15, -0.1) is 0 Å². The smallest absolute Gasteiger partial charge is 0.275 e. The van der Waals surface area contributed by atoms with Gasteiger partial charge in [0.05, 0.1) is 31.1 Å². The lowest BCUT2D eigenvalue weighted by Gasteiger charge is -2.33. The molecule has 0 radical (unpaired) electrons. The Morgan fingerprint density at radius 3 is 2.57 bits per heavy atom. The summed E-state index contributed by atoms with van der Waals surface area (Å²) in [6.45, 7) is 3.71. The van der Waals surface area contributed by atoms with Gasteiger partial charge in [0.2, 0.25) is 10.0 Å². The number of anilines is 1. The summed E-state index contributed by atoms with van der Waals surface area (Å²) in [5.41, 5.74) is 0.645. The number of carbonyl (C=O) groups excluding carboxylic acids is 1. The lowest BCUT2D eigenvalue weighted by Crippen LogP contribution is -3.15. The van der Waals surface area contributed by atoms with Crippen LogP contribution in [0.5, 0.6) is 0 Å². The van der Waals surface area contributed by atoms with E-state index in [1.165, 1.54) is 23.3 Å². The maximum atomic E-state index is 12.3. The number of carbonyl (C=O) groups is 1. The van der Waals surface area contributed by atoms with Gasteiger partial charge in [0.25, 0.3) is 5.91 Å². The molecular weight excluding hydrogens is 398 g/mol. The van der Waals surface area contributed by atoms with Crippen molar-refractivity contribution in [1.82, 2.24) is 14.5 Å². The Kier molecular flexibility index (Phi) is 6.54. The molecule has 3 N–H and O–H groups in total. The highest BCUT2D eigenvalue weighted by Crippen LogP contribution is 2.19. The molecule has 154 valence electrons. The summed E-state index contributed by atoms with van der Waals surface area (Å²) in [7, 11) is -0.474. The van der Waals surface area contributed by atoms with E-state index in [0.29, 0.717) is 23.4 Å². The van der Waals surface area contributed by atoms with Crippen molar-refractivity contribution < 1.29 is 18.1 Å². The van der Waals surface area contributed by atoms with Gasteiger partial charge < -0.3 is 20.4 Å². The number of thiocarbonyl (C=S) groups is 1. The normalized spacial score (nSPS) is 18.2. The number of nitrogens with one attached hydrogen (secondary N) is 3. The van der Waals surface area contributed by atoms with Crippen LogP contribution in [0.3, 0.4) is 0 Å². The Labute approximate surface area is 171 Å². The number of hydrogen-bond acceptors (Lipinski definition) is 4. The number of hydrogen-bond donors (Lipinski definition) is 3. The molecule has 28 heavy (non-hydrogen) atoms. The zero-order valence-electron chi connectivity index (χ0n) is 16.3. The van der Waals surface area contributed by atoms with Crippen LogP contribution in [0.15, 0.2) is 29.2 Å². The molecule has 2 aliphatic rings. The quantitative estimate of drug-likeness (QED) is 0.512. The Hall–Kier alpha value is -1.75. The number of benzene rings is 1. The molecule has 1 heterocycles. The van der Waals surface area contributed by atoms with E-state index in [4.69, 9.17) is 12.2 Å². The maximum Gasteiger partial charge on any atom is 0.275 e. The van der Waals surface area contributed by atoms with Crippen LogP contribution < -0.4 is 15.5 Å². The molecule has 0 bridgehead atoms. The lowest BCUT2D eigenvalue weighted by molar-refractivity contribution is -0.895. The Balaban J connectivity index is 1.51. The monoisotopic (exact) mass is 426 g/mol. The van der Waals surface area contributed by atoms with Crippen molar-refractivity contribution >= 4 is 38.9 Å². The summed E-state index contributed by atoms with van der Waals surface area (Å²) < 4.78 is 25.8. The molecule has 0 aromatic heterocycles. The highest BCUT2D eigenvalue weighted by Gasteiger charge is 2.27. The van der Waals surface area contributed by atoms with Crippen LogP contribution in [0.4, 0.5) is 5.69 Å². The van der Waals surface area contributed by atoms with Gasteiger partial charge in [-0.2, -0.15) is 0 Å². The molecule has 1 saturated heterocycles. The second-order valence-electron chi connectivity index (χ2n) is 7.50. The minimum absolute atomic E-state index is 0.130. The van der Waals surface area contributed by atoms with E-state index in [1.54, 1.807) is 24.3 Å². The van der Waals surface area contributed by atoms with E-state index in [9.17, 15) is 13.2 Å². The fourth-order valence-electron chi connectivity index (χ4n) is 3.08. The average molecular weight is 427 g/mol. The van der Waals surface area contributed by atoms with E-state index in [-0.39, 0.29) is 10.8 Å². The van der Waals surface area contributed by atoms with Crippen LogP contribution in [-0.4, -0.2) is 81.5 Å². The number of nitrogens with zero attached hydrogens (tertiary/aromatic N) is 2. The van der Waals surface area contributed by atoms with Crippen LogP contribution in [0.1, 0.15) is 12.8 Å². The zero-order chi connectivity index (χ0) is 20.3. The first-order valence-electron chi connectivity index (χ1n) is 9.47. The Morgan fingerprint density at radius 2 is 1.96 bits per heavy atom. The molecule has 2 fully saturated rings. The van der Waals surface area contributed by atoms with Gasteiger partial charge in [-0.3, -0.25) is 4.79 Å². The van der Waals surface area contributed by atoms with Gasteiger partial charge in [0.15, 0.2) is 11.7 Å². The summed E-state index contributed by atoms with van der Waals surface area (Å²) in [5.74, 6) is 0.130. The number of sulfonamides is 1. The van der Waals surface area contributed by atoms with E-state index in [0.717, 1.165) is 39.0 Å². The third kappa shape index (κ3) is 5.40. The molecule has 0 atom stereocenters. The fourth-order valence-corrected chi connectivity index (χ4v) is 4.33. The third-order valence-electron chi connectivity index (χ3n) is 4.97. The summed E-state index contributed by atoms with van der Waals surface area (Å²) in [6.07, 6.45) is 2.21. The van der Waals surface area contributed by atoms with Crippen molar-refractivity contribution in [1.29, 1.82) is 0 Å². The lowest BCUT2D eigenvalue weighted by atomic mass is 10.3. The maximum absolute atomic E-state index is 12.3. The predicted molar refractivity (Wildman–Crippen MR) is 112 cm³/mol. The molecule has 8 nitrogen and oxygen atoms in total. The van der Waals surface area contributed by atoms with Crippen molar-refractivity contribution in [3.05, 3.63) is 24.3 Å². The van der Waals surface area contributed by atoms with Crippen LogP contribution in [-0.2, 0) is 14.8 Å². The van der Waals surface area contributed by atoms with Gasteiger partial charge in [-0.25, -0.2) is 12.7 Å². The molecule has 1 aromatic rings. The topological polar surface area (TPSA) is 86.2 Å². The average Bonchev–Trinajstić information content (AvgIpc) is 3.46. The molecule has 3 rings (SSSR count). The van der Waals surface area contributed by atoms with Crippen molar-refractivity contribution in [2.45, 2.75) is 23.8 Å². The summed E-state index contributed by atoms with van der Waals surface area (Å²) >= 11 is 5.50. The summed E-state index contributed by atoms with van der Waals surface area (Å²) in [4.78, 5) is 15.5. The first-order chi connectivity index (χ1) is 13.3. The van der Waals surface area contributed by atoms with E-state index >= 15 is 0 Å².